The average Bonchev–Trinajstić information content (AvgIpc) is 3.40. The second-order valence-electron chi connectivity index (χ2n) is 6.19. The van der Waals surface area contributed by atoms with Crippen molar-refractivity contribution in [1.29, 1.82) is 0 Å². The lowest BCUT2D eigenvalue weighted by molar-refractivity contribution is -0.120. The summed E-state index contributed by atoms with van der Waals surface area (Å²) in [5.41, 5.74) is 2.30. The number of carbonyl (C=O) groups is 1. The average molecular weight is 443 g/mol. The molecule has 24 heavy (non-hydrogen) atoms. The fourth-order valence-electron chi connectivity index (χ4n) is 2.65. The summed E-state index contributed by atoms with van der Waals surface area (Å²) in [4.78, 5) is 17.8. The van der Waals surface area contributed by atoms with Crippen LogP contribution in [-0.2, 0) is 11.3 Å². The molecule has 1 saturated carbocycles. The molecule has 0 aromatic heterocycles. The Morgan fingerprint density at radius 2 is 2.04 bits per heavy atom. The van der Waals surface area contributed by atoms with Crippen LogP contribution in [0.25, 0.3) is 0 Å². The maximum absolute atomic E-state index is 11.5. The highest BCUT2D eigenvalue weighted by Gasteiger charge is 2.21. The van der Waals surface area contributed by atoms with Gasteiger partial charge in [-0.2, -0.15) is 0 Å². The highest BCUT2D eigenvalue weighted by molar-refractivity contribution is 14.0. The Hall–Kier alpha value is -1.51. The highest BCUT2D eigenvalue weighted by Crippen LogP contribution is 2.27. The largest absolute Gasteiger partial charge is 0.360 e. The van der Waals surface area contributed by atoms with Gasteiger partial charge in [-0.15, -0.1) is 24.0 Å². The molecular weight excluding hydrogens is 417 g/mol. The molecule has 2 fully saturated rings. The predicted molar refractivity (Wildman–Crippen MR) is 108 cm³/mol. The number of piperazine rings is 1. The number of guanidine groups is 1. The second kappa shape index (κ2) is 9.10. The van der Waals surface area contributed by atoms with Crippen LogP contribution in [-0.4, -0.2) is 45.1 Å². The van der Waals surface area contributed by atoms with Gasteiger partial charge in [0, 0.05) is 38.9 Å². The van der Waals surface area contributed by atoms with Gasteiger partial charge in [-0.05, 0) is 36.5 Å². The molecule has 2 aliphatic rings. The van der Waals surface area contributed by atoms with Crippen LogP contribution in [0.4, 0.5) is 5.69 Å². The van der Waals surface area contributed by atoms with Crippen LogP contribution >= 0.6 is 24.0 Å². The summed E-state index contributed by atoms with van der Waals surface area (Å²) in [5, 5.41) is 9.54. The van der Waals surface area contributed by atoms with Crippen LogP contribution in [0.3, 0.4) is 0 Å². The van der Waals surface area contributed by atoms with Crippen molar-refractivity contribution in [1.82, 2.24) is 16.0 Å². The number of halogens is 1. The van der Waals surface area contributed by atoms with E-state index in [0.717, 1.165) is 37.2 Å². The lowest BCUT2D eigenvalue weighted by Gasteiger charge is -2.28. The number of aliphatic imine (C=N–C) groups is 1. The van der Waals surface area contributed by atoms with Crippen molar-refractivity contribution in [2.75, 3.05) is 38.1 Å². The molecule has 1 heterocycles. The molecule has 7 heteroatoms. The number of anilines is 1. The zero-order chi connectivity index (χ0) is 16.1. The van der Waals surface area contributed by atoms with E-state index < -0.39 is 0 Å². The monoisotopic (exact) mass is 443 g/mol. The Balaban J connectivity index is 0.00000208. The molecule has 1 aliphatic carbocycles. The third-order valence-corrected chi connectivity index (χ3v) is 4.28. The molecule has 1 aromatic carbocycles. The van der Waals surface area contributed by atoms with Crippen LogP contribution in [0.2, 0.25) is 0 Å². The molecule has 0 unspecified atom stereocenters. The van der Waals surface area contributed by atoms with E-state index in [0.29, 0.717) is 13.1 Å². The molecule has 132 valence electrons. The minimum Gasteiger partial charge on any atom is -0.360 e. The van der Waals surface area contributed by atoms with Crippen molar-refractivity contribution in [3.63, 3.8) is 0 Å². The fraction of sp³-hybridized carbons (Fsp3) is 0.529. The summed E-state index contributed by atoms with van der Waals surface area (Å²) in [7, 11) is 1.80. The third-order valence-electron chi connectivity index (χ3n) is 4.28. The Morgan fingerprint density at radius 1 is 1.29 bits per heavy atom. The summed E-state index contributed by atoms with van der Waals surface area (Å²) in [5.74, 6) is 1.77. The number of rotatable bonds is 5. The van der Waals surface area contributed by atoms with Crippen molar-refractivity contribution in [3.8, 4) is 0 Å². The van der Waals surface area contributed by atoms with Gasteiger partial charge in [0.2, 0.25) is 5.91 Å². The first-order chi connectivity index (χ1) is 11.2. The summed E-state index contributed by atoms with van der Waals surface area (Å²) >= 11 is 0. The molecule has 1 saturated heterocycles. The van der Waals surface area contributed by atoms with E-state index in [-0.39, 0.29) is 29.9 Å². The quantitative estimate of drug-likeness (QED) is 0.365. The number of carbonyl (C=O) groups excluding carboxylic acids is 1. The van der Waals surface area contributed by atoms with Gasteiger partial charge in [-0.1, -0.05) is 12.1 Å². The SMILES string of the molecule is CN=C(NCc1ccc(N2CCNC(=O)C2)cc1)NCC1CC1.I. The summed E-state index contributed by atoms with van der Waals surface area (Å²) in [6.07, 6.45) is 2.67. The number of benzene rings is 1. The van der Waals surface area contributed by atoms with Gasteiger partial charge in [0.25, 0.3) is 0 Å². The Labute approximate surface area is 160 Å². The van der Waals surface area contributed by atoms with Crippen LogP contribution in [0, 0.1) is 5.92 Å². The lowest BCUT2D eigenvalue weighted by atomic mass is 10.2. The molecule has 0 atom stereocenters. The van der Waals surface area contributed by atoms with Gasteiger partial charge in [0.1, 0.15) is 0 Å². The van der Waals surface area contributed by atoms with Crippen molar-refractivity contribution in [2.24, 2.45) is 10.9 Å². The summed E-state index contributed by atoms with van der Waals surface area (Å²) in [6.45, 7) is 3.77. The number of amides is 1. The number of nitrogens with zero attached hydrogens (tertiary/aromatic N) is 2. The molecule has 0 radical (unpaired) electrons. The van der Waals surface area contributed by atoms with Gasteiger partial charge >= 0.3 is 0 Å². The maximum Gasteiger partial charge on any atom is 0.239 e. The number of nitrogens with one attached hydrogen (secondary N) is 3. The molecule has 6 nitrogen and oxygen atoms in total. The first-order valence-corrected chi connectivity index (χ1v) is 8.29. The van der Waals surface area contributed by atoms with Gasteiger partial charge in [0.05, 0.1) is 6.54 Å². The van der Waals surface area contributed by atoms with E-state index in [2.05, 4.69) is 50.1 Å². The smallest absolute Gasteiger partial charge is 0.239 e. The molecule has 3 N–H and O–H groups in total. The summed E-state index contributed by atoms with van der Waals surface area (Å²) in [6, 6.07) is 8.36. The van der Waals surface area contributed by atoms with E-state index in [1.54, 1.807) is 7.05 Å². The topological polar surface area (TPSA) is 68.8 Å². The molecule has 1 aliphatic heterocycles. The Kier molecular flexibility index (Phi) is 7.14. The predicted octanol–water partition coefficient (Wildman–Crippen LogP) is 1.32. The van der Waals surface area contributed by atoms with E-state index in [4.69, 9.17) is 0 Å². The van der Waals surface area contributed by atoms with Crippen LogP contribution in [0.15, 0.2) is 29.3 Å². The van der Waals surface area contributed by atoms with E-state index in [9.17, 15) is 4.79 Å². The molecule has 0 spiro atoms. The zero-order valence-corrected chi connectivity index (χ0v) is 16.4. The van der Waals surface area contributed by atoms with Crippen LogP contribution in [0.5, 0.6) is 0 Å². The molecule has 0 bridgehead atoms. The Morgan fingerprint density at radius 3 is 2.67 bits per heavy atom. The maximum atomic E-state index is 11.5. The van der Waals surface area contributed by atoms with Crippen LogP contribution in [0.1, 0.15) is 18.4 Å². The van der Waals surface area contributed by atoms with E-state index in [1.165, 1.54) is 18.4 Å². The standard InChI is InChI=1S/C17H25N5O.HI/c1-18-17(20-10-13-2-3-13)21-11-14-4-6-15(7-5-14)22-9-8-19-16(23)12-22;/h4-7,13H,2-3,8-12H2,1H3,(H,19,23)(H2,18,20,21);1H. The zero-order valence-electron chi connectivity index (χ0n) is 14.0. The highest BCUT2D eigenvalue weighted by atomic mass is 127. The molecular formula is C17H26IN5O. The lowest BCUT2D eigenvalue weighted by Crippen LogP contribution is -2.47. The molecule has 1 amide bonds. The van der Waals surface area contributed by atoms with Crippen molar-refractivity contribution >= 4 is 41.5 Å². The molecule has 3 rings (SSSR count). The van der Waals surface area contributed by atoms with E-state index in [1.807, 2.05) is 0 Å². The minimum absolute atomic E-state index is 0. The van der Waals surface area contributed by atoms with Crippen molar-refractivity contribution in [2.45, 2.75) is 19.4 Å². The van der Waals surface area contributed by atoms with Gasteiger partial charge in [-0.25, -0.2) is 0 Å². The Bertz CT molecular complexity index is 571. The number of hydrogen-bond acceptors (Lipinski definition) is 3. The normalized spacial score (nSPS) is 17.8. The first-order valence-electron chi connectivity index (χ1n) is 8.29. The van der Waals surface area contributed by atoms with E-state index >= 15 is 0 Å². The molecule has 1 aromatic rings. The fourth-order valence-corrected chi connectivity index (χ4v) is 2.65. The van der Waals surface area contributed by atoms with Crippen LogP contribution < -0.4 is 20.9 Å². The minimum atomic E-state index is 0. The van der Waals surface area contributed by atoms with Gasteiger partial charge in [-0.3, -0.25) is 9.79 Å². The van der Waals surface area contributed by atoms with Gasteiger partial charge < -0.3 is 20.9 Å². The number of hydrogen-bond donors (Lipinski definition) is 3. The van der Waals surface area contributed by atoms with Crippen molar-refractivity contribution < 1.29 is 4.79 Å². The third kappa shape index (κ3) is 5.54. The van der Waals surface area contributed by atoms with Gasteiger partial charge in [0.15, 0.2) is 5.96 Å². The first kappa shape index (κ1) is 18.8. The van der Waals surface area contributed by atoms with Crippen molar-refractivity contribution in [3.05, 3.63) is 29.8 Å². The second-order valence-corrected chi connectivity index (χ2v) is 6.19. The summed E-state index contributed by atoms with van der Waals surface area (Å²) < 4.78 is 0.